The van der Waals surface area contributed by atoms with Gasteiger partial charge in [0.05, 0.1) is 22.5 Å². The van der Waals surface area contributed by atoms with Crippen LogP contribution in [0.25, 0.3) is 0 Å². The van der Waals surface area contributed by atoms with Crippen molar-refractivity contribution in [3.05, 3.63) is 53.2 Å². The molecule has 1 fully saturated rings. The van der Waals surface area contributed by atoms with E-state index in [1.807, 2.05) is 0 Å². The maximum absolute atomic E-state index is 12.9. The number of hydrogen-bond donors (Lipinski definition) is 2. The number of rotatable bonds is 5. The highest BCUT2D eigenvalue weighted by atomic mass is 35.5. The second-order valence-corrected chi connectivity index (χ2v) is 9.02. The van der Waals surface area contributed by atoms with Crippen LogP contribution in [0.2, 0.25) is 5.02 Å². The Morgan fingerprint density at radius 3 is 2.45 bits per heavy atom. The number of carbonyl (C=O) groups is 2. The Morgan fingerprint density at radius 2 is 1.83 bits per heavy atom. The maximum atomic E-state index is 12.9. The fraction of sp³-hybridized carbons (Fsp3) is 0.316. The second kappa shape index (κ2) is 8.79. The minimum absolute atomic E-state index is 0.147. The highest BCUT2D eigenvalue weighted by Crippen LogP contribution is 2.24. The van der Waals surface area contributed by atoms with Crippen LogP contribution in [-0.2, 0) is 14.8 Å². The monoisotopic (exact) mass is 436 g/mol. The molecule has 2 heterocycles. The Labute approximate surface area is 174 Å². The number of anilines is 2. The van der Waals surface area contributed by atoms with Crippen LogP contribution in [-0.4, -0.2) is 49.5 Å². The fourth-order valence-electron chi connectivity index (χ4n) is 3.15. The molecule has 0 bridgehead atoms. The van der Waals surface area contributed by atoms with Crippen LogP contribution < -0.4 is 10.0 Å². The highest BCUT2D eigenvalue weighted by Gasteiger charge is 2.29. The molecule has 0 aliphatic carbocycles. The normalized spacial score (nSPS) is 15.0. The Bertz CT molecular complexity index is 1000. The van der Waals surface area contributed by atoms with Crippen LogP contribution in [0.3, 0.4) is 0 Å². The van der Waals surface area contributed by atoms with E-state index in [4.69, 9.17) is 11.6 Å². The number of halogens is 1. The Morgan fingerprint density at radius 1 is 1.14 bits per heavy atom. The summed E-state index contributed by atoms with van der Waals surface area (Å²) < 4.78 is 25.5. The molecule has 1 saturated heterocycles. The van der Waals surface area contributed by atoms with E-state index in [0.717, 1.165) is 6.26 Å². The van der Waals surface area contributed by atoms with Crippen molar-refractivity contribution in [1.82, 2.24) is 9.88 Å². The van der Waals surface area contributed by atoms with Crippen molar-refractivity contribution >= 4 is 44.9 Å². The van der Waals surface area contributed by atoms with Gasteiger partial charge in [0, 0.05) is 25.2 Å². The molecule has 1 aliphatic rings. The maximum Gasteiger partial charge on any atom is 0.255 e. The molecular weight excluding hydrogens is 416 g/mol. The lowest BCUT2D eigenvalue weighted by Gasteiger charge is -2.31. The Kier molecular flexibility index (Phi) is 6.39. The third kappa shape index (κ3) is 5.68. The third-order valence-electron chi connectivity index (χ3n) is 4.58. The number of nitrogens with zero attached hydrogens (tertiary/aromatic N) is 2. The summed E-state index contributed by atoms with van der Waals surface area (Å²) in [4.78, 5) is 31.0. The van der Waals surface area contributed by atoms with Crippen LogP contribution in [0.4, 0.5) is 11.5 Å². The number of carbonyl (C=O) groups excluding carboxylic acids is 2. The van der Waals surface area contributed by atoms with Crippen molar-refractivity contribution in [3.63, 3.8) is 0 Å². The number of piperidine rings is 1. The van der Waals surface area contributed by atoms with Crippen LogP contribution in [0.1, 0.15) is 23.2 Å². The third-order valence-corrected chi connectivity index (χ3v) is 5.40. The van der Waals surface area contributed by atoms with Gasteiger partial charge in [0.25, 0.3) is 5.91 Å². The number of aromatic nitrogens is 1. The van der Waals surface area contributed by atoms with Gasteiger partial charge in [0.1, 0.15) is 5.82 Å². The highest BCUT2D eigenvalue weighted by molar-refractivity contribution is 7.92. The number of hydrogen-bond acceptors (Lipinski definition) is 5. The Hall–Kier alpha value is -2.65. The molecule has 1 aliphatic heterocycles. The van der Waals surface area contributed by atoms with E-state index in [1.165, 1.54) is 6.20 Å². The molecule has 2 N–H and O–H groups in total. The first-order chi connectivity index (χ1) is 13.7. The first-order valence-corrected chi connectivity index (χ1v) is 11.3. The van der Waals surface area contributed by atoms with Crippen molar-refractivity contribution in [3.8, 4) is 0 Å². The number of sulfonamides is 1. The number of para-hydroxylation sites is 1. The lowest BCUT2D eigenvalue weighted by atomic mass is 9.95. The lowest BCUT2D eigenvalue weighted by Crippen LogP contribution is -2.41. The molecule has 0 spiro atoms. The van der Waals surface area contributed by atoms with Crippen LogP contribution >= 0.6 is 11.6 Å². The van der Waals surface area contributed by atoms with Gasteiger partial charge in [-0.25, -0.2) is 13.4 Å². The zero-order valence-electron chi connectivity index (χ0n) is 15.8. The predicted octanol–water partition coefficient (Wildman–Crippen LogP) is 2.60. The minimum Gasteiger partial charge on any atom is -0.339 e. The molecule has 1 aromatic heterocycles. The van der Waals surface area contributed by atoms with Gasteiger partial charge in [-0.2, -0.15) is 0 Å². The number of amides is 2. The summed E-state index contributed by atoms with van der Waals surface area (Å²) in [5, 5.41) is 3.25. The summed E-state index contributed by atoms with van der Waals surface area (Å²) in [5.41, 5.74) is 0.528. The molecule has 0 radical (unpaired) electrons. The van der Waals surface area contributed by atoms with E-state index in [1.54, 1.807) is 41.3 Å². The summed E-state index contributed by atoms with van der Waals surface area (Å²) in [6.45, 7) is 0.802. The minimum atomic E-state index is -3.50. The van der Waals surface area contributed by atoms with Gasteiger partial charge in [-0.3, -0.25) is 14.3 Å². The topological polar surface area (TPSA) is 108 Å². The van der Waals surface area contributed by atoms with Gasteiger partial charge in [-0.15, -0.1) is 0 Å². The fourth-order valence-corrected chi connectivity index (χ4v) is 3.84. The molecule has 154 valence electrons. The van der Waals surface area contributed by atoms with Gasteiger partial charge < -0.3 is 10.2 Å². The molecule has 0 saturated carbocycles. The zero-order valence-corrected chi connectivity index (χ0v) is 17.3. The number of pyridine rings is 1. The van der Waals surface area contributed by atoms with Gasteiger partial charge in [-0.1, -0.05) is 23.7 Å². The van der Waals surface area contributed by atoms with E-state index in [9.17, 15) is 18.0 Å². The van der Waals surface area contributed by atoms with Crippen molar-refractivity contribution < 1.29 is 18.0 Å². The van der Waals surface area contributed by atoms with E-state index >= 15 is 0 Å². The average molecular weight is 437 g/mol. The molecule has 10 heteroatoms. The Balaban J connectivity index is 1.61. The molecule has 8 nitrogen and oxygen atoms in total. The smallest absolute Gasteiger partial charge is 0.255 e. The predicted molar refractivity (Wildman–Crippen MR) is 111 cm³/mol. The molecule has 0 unspecified atom stereocenters. The van der Waals surface area contributed by atoms with Gasteiger partial charge in [-0.05, 0) is 37.1 Å². The number of benzene rings is 1. The second-order valence-electron chi connectivity index (χ2n) is 6.84. The average Bonchev–Trinajstić information content (AvgIpc) is 2.68. The number of nitrogens with one attached hydrogen (secondary N) is 2. The SMILES string of the molecule is CS(=O)(=O)Nc1ccccc1C(=O)N1CCC(C(=O)Nc2ccc(Cl)cn2)CC1. The first kappa shape index (κ1) is 21.1. The van der Waals surface area contributed by atoms with E-state index in [-0.39, 0.29) is 29.0 Å². The van der Waals surface area contributed by atoms with Crippen LogP contribution in [0, 0.1) is 5.92 Å². The van der Waals surface area contributed by atoms with Crippen molar-refractivity contribution in [2.24, 2.45) is 5.92 Å². The zero-order chi connectivity index (χ0) is 21.0. The van der Waals surface area contributed by atoms with Gasteiger partial charge in [0.2, 0.25) is 15.9 Å². The molecule has 1 aromatic carbocycles. The molecule has 2 aromatic rings. The summed E-state index contributed by atoms with van der Waals surface area (Å²) in [5.74, 6) is -0.222. The van der Waals surface area contributed by atoms with Crippen molar-refractivity contribution in [2.75, 3.05) is 29.4 Å². The van der Waals surface area contributed by atoms with Gasteiger partial charge >= 0.3 is 0 Å². The molecule has 29 heavy (non-hydrogen) atoms. The molecule has 3 rings (SSSR count). The summed E-state index contributed by atoms with van der Waals surface area (Å²) in [6.07, 6.45) is 3.51. The summed E-state index contributed by atoms with van der Waals surface area (Å²) in [7, 11) is -3.50. The molecular formula is C19H21ClN4O4S. The largest absolute Gasteiger partial charge is 0.339 e. The molecule has 0 atom stereocenters. The van der Waals surface area contributed by atoms with E-state index < -0.39 is 10.0 Å². The first-order valence-electron chi connectivity index (χ1n) is 9.01. The standard InChI is InChI=1S/C19H21ClN4O4S/c1-29(27,28)23-16-5-3-2-4-15(16)19(26)24-10-8-13(9-11-24)18(25)22-17-7-6-14(20)12-21-17/h2-7,12-13,23H,8-11H2,1H3,(H,21,22,25). The van der Waals surface area contributed by atoms with Crippen LogP contribution in [0.15, 0.2) is 42.6 Å². The summed E-state index contributed by atoms with van der Waals surface area (Å²) >= 11 is 5.79. The van der Waals surface area contributed by atoms with Crippen molar-refractivity contribution in [1.29, 1.82) is 0 Å². The van der Waals surface area contributed by atoms with Crippen LogP contribution in [0.5, 0.6) is 0 Å². The molecule has 2 amide bonds. The van der Waals surface area contributed by atoms with Crippen molar-refractivity contribution in [2.45, 2.75) is 12.8 Å². The summed E-state index contributed by atoms with van der Waals surface area (Å²) in [6, 6.07) is 9.75. The lowest BCUT2D eigenvalue weighted by molar-refractivity contribution is -0.121. The van der Waals surface area contributed by atoms with E-state index in [0.29, 0.717) is 36.8 Å². The van der Waals surface area contributed by atoms with E-state index in [2.05, 4.69) is 15.0 Å². The van der Waals surface area contributed by atoms with Gasteiger partial charge in [0.15, 0.2) is 0 Å². The quantitative estimate of drug-likeness (QED) is 0.748. The number of likely N-dealkylation sites (tertiary alicyclic amines) is 1.